The second kappa shape index (κ2) is 7.76. The number of rotatable bonds is 6. The largest absolute Gasteiger partial charge is 0.486 e. The molecule has 1 saturated heterocycles. The molecule has 0 aromatic heterocycles. The van der Waals surface area contributed by atoms with E-state index in [2.05, 4.69) is 24.1 Å². The number of anilines is 1. The van der Waals surface area contributed by atoms with Gasteiger partial charge in [-0.25, -0.2) is 0 Å². The molecule has 0 aliphatic carbocycles. The van der Waals surface area contributed by atoms with Crippen LogP contribution in [0.15, 0.2) is 18.2 Å². The fraction of sp³-hybridized carbons (Fsp3) is 0.600. The molecule has 1 unspecified atom stereocenters. The van der Waals surface area contributed by atoms with E-state index in [1.165, 1.54) is 0 Å². The predicted molar refractivity (Wildman–Crippen MR) is 103 cm³/mol. The van der Waals surface area contributed by atoms with Crippen LogP contribution in [0.25, 0.3) is 0 Å². The summed E-state index contributed by atoms with van der Waals surface area (Å²) in [5, 5.41) is 3.02. The van der Waals surface area contributed by atoms with Gasteiger partial charge >= 0.3 is 0 Å². The Morgan fingerprint density at radius 2 is 1.96 bits per heavy atom. The maximum atomic E-state index is 12.6. The van der Waals surface area contributed by atoms with Crippen molar-refractivity contribution < 1.29 is 19.1 Å². The maximum absolute atomic E-state index is 12.6. The van der Waals surface area contributed by atoms with Crippen molar-refractivity contribution in [1.29, 1.82) is 0 Å². The Balaban J connectivity index is 1.61. The lowest BCUT2D eigenvalue weighted by Crippen LogP contribution is -2.42. The zero-order valence-corrected chi connectivity index (χ0v) is 16.6. The molecule has 2 amide bonds. The molecule has 3 rings (SSSR count). The summed E-state index contributed by atoms with van der Waals surface area (Å²) >= 11 is 0. The summed E-state index contributed by atoms with van der Waals surface area (Å²) < 4.78 is 11.1. The molecule has 1 aromatic rings. The number of nitrogens with one attached hydrogen (secondary N) is 1. The second-order valence-electron chi connectivity index (χ2n) is 8.35. The molecule has 1 aromatic carbocycles. The van der Waals surface area contributed by atoms with Gasteiger partial charge in [0.05, 0.1) is 5.92 Å². The molecular formula is C20H29N3O4. The fourth-order valence-electron chi connectivity index (χ4n) is 3.72. The van der Waals surface area contributed by atoms with Crippen molar-refractivity contribution in [3.05, 3.63) is 18.2 Å². The Labute approximate surface area is 160 Å². The lowest BCUT2D eigenvalue weighted by atomic mass is 9.92. The van der Waals surface area contributed by atoms with Crippen molar-refractivity contribution >= 4 is 17.5 Å². The van der Waals surface area contributed by atoms with E-state index in [4.69, 9.17) is 9.47 Å². The Morgan fingerprint density at radius 1 is 1.26 bits per heavy atom. The first kappa shape index (κ1) is 19.5. The molecule has 7 nitrogen and oxygen atoms in total. The molecule has 0 spiro atoms. The zero-order valence-electron chi connectivity index (χ0n) is 16.6. The summed E-state index contributed by atoms with van der Waals surface area (Å²) in [5.41, 5.74) is 0.713. The first-order chi connectivity index (χ1) is 12.7. The lowest BCUT2D eigenvalue weighted by Gasteiger charge is -2.29. The van der Waals surface area contributed by atoms with E-state index < -0.39 is 0 Å². The van der Waals surface area contributed by atoms with E-state index in [1.54, 1.807) is 4.90 Å². The summed E-state index contributed by atoms with van der Waals surface area (Å²) in [5.74, 6) is 0.898. The Morgan fingerprint density at radius 3 is 2.67 bits per heavy atom. The zero-order chi connectivity index (χ0) is 19.6. The Bertz CT molecular complexity index is 717. The van der Waals surface area contributed by atoms with Crippen LogP contribution in [0, 0.1) is 11.3 Å². The van der Waals surface area contributed by atoms with Crippen LogP contribution >= 0.6 is 0 Å². The number of hydrogen-bond acceptors (Lipinski definition) is 5. The van der Waals surface area contributed by atoms with Crippen molar-refractivity contribution in [1.82, 2.24) is 10.2 Å². The molecule has 0 radical (unpaired) electrons. The van der Waals surface area contributed by atoms with Gasteiger partial charge in [0.15, 0.2) is 11.5 Å². The molecular weight excluding hydrogens is 346 g/mol. The minimum absolute atomic E-state index is 0.0305. The average molecular weight is 375 g/mol. The number of carbonyl (C=O) groups excluding carboxylic acids is 2. The first-order valence-corrected chi connectivity index (χ1v) is 9.38. The molecule has 27 heavy (non-hydrogen) atoms. The van der Waals surface area contributed by atoms with Crippen molar-refractivity contribution in [2.75, 3.05) is 51.8 Å². The third kappa shape index (κ3) is 4.71. The van der Waals surface area contributed by atoms with E-state index >= 15 is 0 Å². The second-order valence-corrected chi connectivity index (χ2v) is 8.35. The molecule has 2 aliphatic heterocycles. The molecule has 7 heteroatoms. The smallest absolute Gasteiger partial charge is 0.227 e. The van der Waals surface area contributed by atoms with Gasteiger partial charge in [-0.3, -0.25) is 9.59 Å². The highest BCUT2D eigenvalue weighted by atomic mass is 16.6. The number of amides is 2. The van der Waals surface area contributed by atoms with Crippen molar-refractivity contribution in [3.8, 4) is 11.5 Å². The van der Waals surface area contributed by atoms with Gasteiger partial charge in [0, 0.05) is 37.8 Å². The molecule has 2 aliphatic rings. The highest BCUT2D eigenvalue weighted by molar-refractivity contribution is 6.00. The minimum atomic E-state index is -0.333. The van der Waals surface area contributed by atoms with E-state index in [-0.39, 0.29) is 29.6 Å². The Hall–Kier alpha value is -2.28. The van der Waals surface area contributed by atoms with Crippen LogP contribution in [0.5, 0.6) is 11.5 Å². The summed E-state index contributed by atoms with van der Waals surface area (Å²) in [6, 6.07) is 5.47. The van der Waals surface area contributed by atoms with Gasteiger partial charge in [0.2, 0.25) is 11.8 Å². The highest BCUT2D eigenvalue weighted by Gasteiger charge is 2.36. The van der Waals surface area contributed by atoms with E-state index in [0.717, 1.165) is 12.2 Å². The number of ether oxygens (including phenoxy) is 2. The van der Waals surface area contributed by atoms with Gasteiger partial charge in [0.1, 0.15) is 13.2 Å². The van der Waals surface area contributed by atoms with Crippen LogP contribution in [0.3, 0.4) is 0 Å². The van der Waals surface area contributed by atoms with Crippen molar-refractivity contribution in [3.63, 3.8) is 0 Å². The molecule has 1 N–H and O–H groups in total. The predicted octanol–water partition coefficient (Wildman–Crippen LogP) is 1.51. The fourth-order valence-corrected chi connectivity index (χ4v) is 3.72. The van der Waals surface area contributed by atoms with E-state index in [1.807, 2.05) is 32.3 Å². The molecule has 0 bridgehead atoms. The Kier molecular flexibility index (Phi) is 5.60. The van der Waals surface area contributed by atoms with Crippen molar-refractivity contribution in [2.24, 2.45) is 11.3 Å². The monoisotopic (exact) mass is 375 g/mol. The van der Waals surface area contributed by atoms with Crippen LogP contribution in [-0.4, -0.2) is 63.7 Å². The third-order valence-corrected chi connectivity index (χ3v) is 4.82. The van der Waals surface area contributed by atoms with Gasteiger partial charge in [0.25, 0.3) is 0 Å². The number of carbonyl (C=O) groups is 2. The number of hydrogen-bond donors (Lipinski definition) is 1. The van der Waals surface area contributed by atoms with E-state index in [0.29, 0.717) is 37.8 Å². The maximum Gasteiger partial charge on any atom is 0.227 e. The van der Waals surface area contributed by atoms with Gasteiger partial charge < -0.3 is 24.6 Å². The van der Waals surface area contributed by atoms with Crippen LogP contribution in [0.4, 0.5) is 5.69 Å². The summed E-state index contributed by atoms with van der Waals surface area (Å²) in [6.07, 6.45) is 0.231. The average Bonchev–Trinajstić information content (AvgIpc) is 3.00. The lowest BCUT2D eigenvalue weighted by molar-refractivity contribution is -0.126. The summed E-state index contributed by atoms with van der Waals surface area (Å²) in [6.45, 7) is 7.11. The van der Waals surface area contributed by atoms with E-state index in [9.17, 15) is 9.59 Å². The normalized spacial score (nSPS) is 19.5. The number of nitrogens with zero attached hydrogens (tertiary/aromatic N) is 2. The standard InChI is InChI=1S/C20H29N3O4/c1-20(2,13-22(3)4)12-21-19(25)14-9-18(24)23(11-14)15-5-6-16-17(10-15)27-8-7-26-16/h5-6,10,14H,7-9,11-13H2,1-4H3,(H,21,25). The summed E-state index contributed by atoms with van der Waals surface area (Å²) in [7, 11) is 4.04. The van der Waals surface area contributed by atoms with Gasteiger partial charge in [-0.05, 0) is 31.6 Å². The topological polar surface area (TPSA) is 71.1 Å². The minimum Gasteiger partial charge on any atom is -0.486 e. The van der Waals surface area contributed by atoms with Gasteiger partial charge in [-0.15, -0.1) is 0 Å². The quantitative estimate of drug-likeness (QED) is 0.816. The van der Waals surface area contributed by atoms with Crippen LogP contribution < -0.4 is 19.7 Å². The molecule has 1 fully saturated rings. The summed E-state index contributed by atoms with van der Waals surface area (Å²) in [4.78, 5) is 28.8. The third-order valence-electron chi connectivity index (χ3n) is 4.82. The SMILES string of the molecule is CN(C)CC(C)(C)CNC(=O)C1CC(=O)N(c2ccc3c(c2)OCCO3)C1. The highest BCUT2D eigenvalue weighted by Crippen LogP contribution is 2.36. The first-order valence-electron chi connectivity index (χ1n) is 9.38. The van der Waals surface area contributed by atoms with Gasteiger partial charge in [-0.1, -0.05) is 13.8 Å². The van der Waals surface area contributed by atoms with Crippen LogP contribution in [0.2, 0.25) is 0 Å². The molecule has 2 heterocycles. The van der Waals surface area contributed by atoms with Crippen molar-refractivity contribution in [2.45, 2.75) is 20.3 Å². The van der Waals surface area contributed by atoms with Crippen LogP contribution in [0.1, 0.15) is 20.3 Å². The van der Waals surface area contributed by atoms with Gasteiger partial charge in [-0.2, -0.15) is 0 Å². The molecule has 148 valence electrons. The number of benzene rings is 1. The molecule has 0 saturated carbocycles. The number of fused-ring (bicyclic) bond motifs is 1. The molecule has 1 atom stereocenters. The van der Waals surface area contributed by atoms with Crippen LogP contribution in [-0.2, 0) is 9.59 Å².